The van der Waals surface area contributed by atoms with Crippen LogP contribution in [-0.4, -0.2) is 53.3 Å². The average Bonchev–Trinajstić information content (AvgIpc) is 3.10. The van der Waals surface area contributed by atoms with Crippen molar-refractivity contribution in [1.29, 1.82) is 0 Å². The lowest BCUT2D eigenvalue weighted by Gasteiger charge is -2.35. The fourth-order valence-corrected chi connectivity index (χ4v) is 4.03. The third-order valence-corrected chi connectivity index (χ3v) is 5.33. The highest BCUT2D eigenvalue weighted by Gasteiger charge is 2.34. The molecule has 25 heavy (non-hydrogen) atoms. The summed E-state index contributed by atoms with van der Waals surface area (Å²) in [5.41, 5.74) is 9.41. The van der Waals surface area contributed by atoms with Crippen LogP contribution in [0.5, 0.6) is 0 Å². The molecule has 1 saturated carbocycles. The summed E-state index contributed by atoms with van der Waals surface area (Å²) in [5.74, 6) is 0.875. The summed E-state index contributed by atoms with van der Waals surface area (Å²) in [6.45, 7) is 1.73. The van der Waals surface area contributed by atoms with E-state index in [-0.39, 0.29) is 18.1 Å². The number of urea groups is 1. The van der Waals surface area contributed by atoms with Crippen molar-refractivity contribution in [2.24, 2.45) is 0 Å². The van der Waals surface area contributed by atoms with Gasteiger partial charge < -0.3 is 15.5 Å². The first-order chi connectivity index (χ1) is 12.3. The van der Waals surface area contributed by atoms with Gasteiger partial charge >= 0.3 is 6.03 Å². The maximum atomic E-state index is 12.4. The average molecular weight is 346 g/mol. The third-order valence-electron chi connectivity index (χ3n) is 5.33. The van der Waals surface area contributed by atoms with E-state index in [4.69, 9.17) is 0 Å². The second-order valence-corrected chi connectivity index (χ2v) is 7.10. The summed E-state index contributed by atoms with van der Waals surface area (Å²) >= 11 is 0. The van der Waals surface area contributed by atoms with Crippen molar-refractivity contribution in [3.05, 3.63) is 18.6 Å². The first-order valence-corrected chi connectivity index (χ1v) is 9.12. The minimum absolute atomic E-state index is 0.0617. The highest BCUT2D eigenvalue weighted by Crippen LogP contribution is 2.21. The number of hydrogen-bond donors (Lipinski definition) is 5. The molecule has 9 nitrogen and oxygen atoms in total. The smallest absolute Gasteiger partial charge is 0.315 e. The van der Waals surface area contributed by atoms with Crippen LogP contribution in [0.25, 0.3) is 0 Å². The standard InChI is InChI=1S/C16H26N8O/c25-16(19-11-3-4-13-14(8-11)22-23-21-13)20-12-2-1-7-24(10-12)15-9-17-5-6-18-15/h5-6,9,11-14,21-23H,1-4,7-8,10H2,(H2,19,20,25). The number of amides is 2. The molecule has 0 radical (unpaired) electrons. The monoisotopic (exact) mass is 346 g/mol. The molecule has 2 aliphatic heterocycles. The molecule has 5 N–H and O–H groups in total. The van der Waals surface area contributed by atoms with E-state index in [9.17, 15) is 4.79 Å². The zero-order valence-electron chi connectivity index (χ0n) is 14.2. The van der Waals surface area contributed by atoms with Crippen LogP contribution in [0.2, 0.25) is 0 Å². The summed E-state index contributed by atoms with van der Waals surface area (Å²) in [4.78, 5) is 23.1. The largest absolute Gasteiger partial charge is 0.353 e. The first kappa shape index (κ1) is 16.5. The van der Waals surface area contributed by atoms with Crippen molar-refractivity contribution in [3.8, 4) is 0 Å². The number of aromatic nitrogens is 2. The molecule has 4 atom stereocenters. The van der Waals surface area contributed by atoms with E-state index in [1.165, 1.54) is 0 Å². The summed E-state index contributed by atoms with van der Waals surface area (Å²) < 4.78 is 0. The number of hydrazine groups is 2. The van der Waals surface area contributed by atoms with Gasteiger partial charge in [-0.3, -0.25) is 4.98 Å². The van der Waals surface area contributed by atoms with Gasteiger partial charge in [-0.25, -0.2) is 20.6 Å². The van der Waals surface area contributed by atoms with Crippen LogP contribution in [0, 0.1) is 0 Å². The molecular weight excluding hydrogens is 320 g/mol. The van der Waals surface area contributed by atoms with Crippen LogP contribution in [0.15, 0.2) is 18.6 Å². The van der Waals surface area contributed by atoms with Crippen molar-refractivity contribution >= 4 is 11.8 Å². The SMILES string of the molecule is O=C(NC1CCC2NNNC2C1)NC1CCCN(c2cnccn2)C1. The Balaban J connectivity index is 1.26. The Morgan fingerprint density at radius 1 is 1.12 bits per heavy atom. The van der Waals surface area contributed by atoms with E-state index >= 15 is 0 Å². The maximum Gasteiger partial charge on any atom is 0.315 e. The van der Waals surface area contributed by atoms with Gasteiger partial charge in [0.2, 0.25) is 0 Å². The molecule has 3 heterocycles. The highest BCUT2D eigenvalue weighted by atomic mass is 16.2. The predicted octanol–water partition coefficient (Wildman–Crippen LogP) is -0.353. The normalized spacial score (nSPS) is 32.1. The van der Waals surface area contributed by atoms with E-state index in [0.29, 0.717) is 12.1 Å². The number of piperidine rings is 1. The second-order valence-electron chi connectivity index (χ2n) is 7.10. The molecule has 4 rings (SSSR count). The quantitative estimate of drug-likeness (QED) is 0.509. The van der Waals surface area contributed by atoms with E-state index in [1.807, 2.05) is 0 Å². The van der Waals surface area contributed by atoms with Gasteiger partial charge in [-0.05, 0) is 32.1 Å². The van der Waals surface area contributed by atoms with Gasteiger partial charge in [0.05, 0.1) is 6.20 Å². The van der Waals surface area contributed by atoms with Crippen LogP contribution in [0.3, 0.4) is 0 Å². The highest BCUT2D eigenvalue weighted by molar-refractivity contribution is 5.74. The lowest BCUT2D eigenvalue weighted by Crippen LogP contribution is -2.54. The van der Waals surface area contributed by atoms with Gasteiger partial charge in [0, 0.05) is 49.7 Å². The molecule has 3 fully saturated rings. The molecule has 1 aromatic rings. The Bertz CT molecular complexity index is 585. The minimum atomic E-state index is -0.0617. The molecule has 1 aliphatic carbocycles. The van der Waals surface area contributed by atoms with Gasteiger partial charge in [0.15, 0.2) is 0 Å². The molecule has 9 heteroatoms. The predicted molar refractivity (Wildman–Crippen MR) is 93.6 cm³/mol. The number of anilines is 1. The van der Waals surface area contributed by atoms with Crippen molar-refractivity contribution in [1.82, 2.24) is 37.0 Å². The van der Waals surface area contributed by atoms with Crippen molar-refractivity contribution in [2.75, 3.05) is 18.0 Å². The zero-order chi connectivity index (χ0) is 17.1. The van der Waals surface area contributed by atoms with Gasteiger partial charge in [-0.1, -0.05) is 0 Å². The Hall–Kier alpha value is -1.97. The van der Waals surface area contributed by atoms with Crippen molar-refractivity contribution in [2.45, 2.75) is 56.3 Å². The Morgan fingerprint density at radius 2 is 2.00 bits per heavy atom. The summed E-state index contributed by atoms with van der Waals surface area (Å²) in [6, 6.07) is 1.13. The molecule has 3 aliphatic rings. The molecule has 0 aromatic carbocycles. The van der Waals surface area contributed by atoms with Gasteiger partial charge in [0.25, 0.3) is 0 Å². The molecule has 2 saturated heterocycles. The molecule has 4 unspecified atom stereocenters. The Labute approximate surface area is 147 Å². The van der Waals surface area contributed by atoms with Crippen LogP contribution in [0.4, 0.5) is 10.6 Å². The minimum Gasteiger partial charge on any atom is -0.353 e. The lowest BCUT2D eigenvalue weighted by molar-refractivity contribution is 0.222. The second kappa shape index (κ2) is 7.51. The summed E-state index contributed by atoms with van der Waals surface area (Å²) in [6.07, 6.45) is 10.2. The molecule has 0 bridgehead atoms. The first-order valence-electron chi connectivity index (χ1n) is 9.12. The zero-order valence-corrected chi connectivity index (χ0v) is 14.2. The van der Waals surface area contributed by atoms with Crippen molar-refractivity contribution in [3.63, 3.8) is 0 Å². The third kappa shape index (κ3) is 4.00. The van der Waals surface area contributed by atoms with Crippen LogP contribution in [-0.2, 0) is 0 Å². The maximum absolute atomic E-state index is 12.4. The molecule has 136 valence electrons. The van der Waals surface area contributed by atoms with Crippen LogP contribution < -0.4 is 31.9 Å². The van der Waals surface area contributed by atoms with Crippen LogP contribution >= 0.6 is 0 Å². The molecule has 1 aromatic heterocycles. The fraction of sp³-hybridized carbons (Fsp3) is 0.688. The summed E-state index contributed by atoms with van der Waals surface area (Å²) in [5, 5.41) is 6.28. The van der Waals surface area contributed by atoms with Gasteiger partial charge in [-0.15, -0.1) is 0 Å². The van der Waals surface area contributed by atoms with E-state index in [2.05, 4.69) is 41.9 Å². The Morgan fingerprint density at radius 3 is 2.88 bits per heavy atom. The fourth-order valence-electron chi connectivity index (χ4n) is 4.03. The Kier molecular flexibility index (Phi) is 4.95. The number of carbonyl (C=O) groups excluding carboxylic acids is 1. The van der Waals surface area contributed by atoms with Crippen LogP contribution in [0.1, 0.15) is 32.1 Å². The molecule has 2 amide bonds. The number of carbonyl (C=O) groups is 1. The lowest BCUT2D eigenvalue weighted by atomic mass is 9.88. The number of rotatable bonds is 3. The number of fused-ring (bicyclic) bond motifs is 1. The molecule has 0 spiro atoms. The van der Waals surface area contributed by atoms with E-state index in [1.54, 1.807) is 18.6 Å². The number of nitrogens with zero attached hydrogens (tertiary/aromatic N) is 3. The summed E-state index contributed by atoms with van der Waals surface area (Å²) in [7, 11) is 0. The number of hydrogen-bond acceptors (Lipinski definition) is 7. The van der Waals surface area contributed by atoms with E-state index < -0.39 is 0 Å². The number of nitrogens with one attached hydrogen (secondary N) is 5. The van der Waals surface area contributed by atoms with Gasteiger partial charge in [-0.2, -0.15) is 5.53 Å². The topological polar surface area (TPSA) is 106 Å². The molecular formula is C16H26N8O. The van der Waals surface area contributed by atoms with E-state index in [0.717, 1.165) is 51.0 Å². The van der Waals surface area contributed by atoms with Gasteiger partial charge in [0.1, 0.15) is 5.82 Å². The van der Waals surface area contributed by atoms with Crippen molar-refractivity contribution < 1.29 is 4.79 Å².